The number of amides is 1. The Morgan fingerprint density at radius 1 is 1.64 bits per heavy atom. The van der Waals surface area contributed by atoms with E-state index in [-0.39, 0.29) is 11.9 Å². The lowest BCUT2D eigenvalue weighted by Gasteiger charge is -2.23. The van der Waals surface area contributed by atoms with E-state index in [1.807, 2.05) is 11.4 Å². The van der Waals surface area contributed by atoms with Crippen molar-refractivity contribution in [1.82, 2.24) is 5.32 Å². The van der Waals surface area contributed by atoms with E-state index in [4.69, 9.17) is 11.6 Å². The molecule has 1 saturated heterocycles. The minimum Gasteiger partial charge on any atom is -0.372 e. The second-order valence-electron chi connectivity index (χ2n) is 3.24. The van der Waals surface area contributed by atoms with E-state index >= 15 is 0 Å². The highest BCUT2D eigenvalue weighted by Crippen LogP contribution is 2.28. The fraction of sp³-hybridized carbons (Fsp3) is 0.444. The van der Waals surface area contributed by atoms with E-state index in [9.17, 15) is 4.79 Å². The van der Waals surface area contributed by atoms with Crippen molar-refractivity contribution in [3.8, 4) is 0 Å². The van der Waals surface area contributed by atoms with Crippen LogP contribution in [0.1, 0.15) is 12.8 Å². The van der Waals surface area contributed by atoms with Crippen LogP contribution in [0.15, 0.2) is 11.4 Å². The third-order valence-corrected chi connectivity index (χ3v) is 3.40. The van der Waals surface area contributed by atoms with Crippen LogP contribution in [-0.4, -0.2) is 18.5 Å². The van der Waals surface area contributed by atoms with Gasteiger partial charge in [-0.15, -0.1) is 11.3 Å². The Morgan fingerprint density at radius 2 is 2.50 bits per heavy atom. The van der Waals surface area contributed by atoms with E-state index in [2.05, 4.69) is 10.6 Å². The van der Waals surface area contributed by atoms with E-state index in [0.29, 0.717) is 4.34 Å². The summed E-state index contributed by atoms with van der Waals surface area (Å²) in [7, 11) is 0. The van der Waals surface area contributed by atoms with Crippen molar-refractivity contribution in [3.05, 3.63) is 15.8 Å². The first-order chi connectivity index (χ1) is 6.77. The van der Waals surface area contributed by atoms with Crippen molar-refractivity contribution in [3.63, 3.8) is 0 Å². The molecule has 14 heavy (non-hydrogen) atoms. The number of nitrogens with one attached hydrogen (secondary N) is 2. The van der Waals surface area contributed by atoms with Crippen LogP contribution in [0.25, 0.3) is 0 Å². The first-order valence-corrected chi connectivity index (χ1v) is 5.80. The number of hydrogen-bond acceptors (Lipinski definition) is 3. The van der Waals surface area contributed by atoms with Gasteiger partial charge in [-0.1, -0.05) is 11.6 Å². The predicted octanol–water partition coefficient (Wildman–Crippen LogP) is 2.09. The summed E-state index contributed by atoms with van der Waals surface area (Å²) < 4.78 is 0.711. The van der Waals surface area contributed by atoms with E-state index in [0.717, 1.165) is 25.1 Å². The Morgan fingerprint density at radius 3 is 3.14 bits per heavy atom. The summed E-state index contributed by atoms with van der Waals surface area (Å²) >= 11 is 7.40. The van der Waals surface area contributed by atoms with Crippen molar-refractivity contribution in [2.45, 2.75) is 18.9 Å². The molecule has 1 unspecified atom stereocenters. The quantitative estimate of drug-likeness (QED) is 0.817. The van der Waals surface area contributed by atoms with Crippen molar-refractivity contribution < 1.29 is 4.79 Å². The first kappa shape index (κ1) is 9.80. The average molecular weight is 231 g/mol. The molecule has 1 aliphatic rings. The molecular formula is C9H11ClN2OS. The molecule has 2 N–H and O–H groups in total. The number of carbonyl (C=O) groups excluding carboxylic acids is 1. The van der Waals surface area contributed by atoms with Gasteiger partial charge < -0.3 is 10.6 Å². The van der Waals surface area contributed by atoms with Gasteiger partial charge in [-0.2, -0.15) is 0 Å². The SMILES string of the molecule is O=C1NCCCC1Nc1ccsc1Cl. The van der Waals surface area contributed by atoms with Crippen molar-refractivity contribution >= 4 is 34.5 Å². The van der Waals surface area contributed by atoms with Gasteiger partial charge in [-0.05, 0) is 24.3 Å². The number of anilines is 1. The minimum atomic E-state index is -0.129. The minimum absolute atomic E-state index is 0.0681. The molecule has 0 bridgehead atoms. The summed E-state index contributed by atoms with van der Waals surface area (Å²) in [6, 6.07) is 1.77. The smallest absolute Gasteiger partial charge is 0.242 e. The molecule has 0 radical (unpaired) electrons. The zero-order valence-electron chi connectivity index (χ0n) is 7.55. The maximum absolute atomic E-state index is 11.4. The summed E-state index contributed by atoms with van der Waals surface area (Å²) in [4.78, 5) is 11.4. The van der Waals surface area contributed by atoms with Crippen LogP contribution in [0.4, 0.5) is 5.69 Å². The Hall–Kier alpha value is -0.740. The number of rotatable bonds is 2. The Balaban J connectivity index is 2.03. The van der Waals surface area contributed by atoms with Gasteiger partial charge in [-0.25, -0.2) is 0 Å². The number of hydrogen-bond donors (Lipinski definition) is 2. The lowest BCUT2D eigenvalue weighted by atomic mass is 10.1. The molecule has 1 aliphatic heterocycles. The summed E-state index contributed by atoms with van der Waals surface area (Å²) in [5.74, 6) is 0.0681. The molecule has 2 heterocycles. The second-order valence-corrected chi connectivity index (χ2v) is 4.76. The Bertz CT molecular complexity index is 339. The maximum Gasteiger partial charge on any atom is 0.242 e. The van der Waals surface area contributed by atoms with Crippen LogP contribution in [0.3, 0.4) is 0 Å². The molecule has 1 fully saturated rings. The van der Waals surface area contributed by atoms with Gasteiger partial charge in [0.1, 0.15) is 10.4 Å². The van der Waals surface area contributed by atoms with Gasteiger partial charge in [0.25, 0.3) is 0 Å². The maximum atomic E-state index is 11.4. The van der Waals surface area contributed by atoms with Crippen LogP contribution >= 0.6 is 22.9 Å². The molecule has 1 aromatic rings. The molecule has 1 aromatic heterocycles. The van der Waals surface area contributed by atoms with Gasteiger partial charge in [0.2, 0.25) is 5.91 Å². The molecule has 3 nitrogen and oxygen atoms in total. The van der Waals surface area contributed by atoms with Crippen LogP contribution in [0.2, 0.25) is 4.34 Å². The third-order valence-electron chi connectivity index (χ3n) is 2.23. The molecule has 0 aromatic carbocycles. The molecule has 2 rings (SSSR count). The fourth-order valence-electron chi connectivity index (χ4n) is 1.49. The molecule has 1 amide bonds. The zero-order valence-corrected chi connectivity index (χ0v) is 9.12. The monoisotopic (exact) mass is 230 g/mol. The Labute approximate surface area is 91.5 Å². The average Bonchev–Trinajstić information content (AvgIpc) is 2.56. The fourth-order valence-corrected chi connectivity index (χ4v) is 2.34. The van der Waals surface area contributed by atoms with Gasteiger partial charge in [0.15, 0.2) is 0 Å². The highest BCUT2D eigenvalue weighted by atomic mass is 35.5. The second kappa shape index (κ2) is 4.19. The van der Waals surface area contributed by atoms with Crippen LogP contribution in [0, 0.1) is 0 Å². The summed E-state index contributed by atoms with van der Waals surface area (Å²) in [6.07, 6.45) is 1.89. The van der Waals surface area contributed by atoms with Crippen LogP contribution in [0.5, 0.6) is 0 Å². The standard InChI is InChI=1S/C9H11ClN2OS/c10-8-6(3-5-14-8)12-7-2-1-4-11-9(7)13/h3,5,7,12H,1-2,4H2,(H,11,13). The molecule has 0 spiro atoms. The van der Waals surface area contributed by atoms with Gasteiger partial charge >= 0.3 is 0 Å². The Kier molecular flexibility index (Phi) is 2.93. The predicted molar refractivity (Wildman–Crippen MR) is 59.0 cm³/mol. The zero-order chi connectivity index (χ0) is 9.97. The molecule has 1 atom stereocenters. The van der Waals surface area contributed by atoms with E-state index in [1.54, 1.807) is 0 Å². The molecule has 5 heteroatoms. The van der Waals surface area contributed by atoms with E-state index < -0.39 is 0 Å². The van der Waals surface area contributed by atoms with Gasteiger partial charge in [-0.3, -0.25) is 4.79 Å². The number of carbonyl (C=O) groups is 1. The number of halogens is 1. The van der Waals surface area contributed by atoms with E-state index in [1.165, 1.54) is 11.3 Å². The lowest BCUT2D eigenvalue weighted by Crippen LogP contribution is -2.44. The largest absolute Gasteiger partial charge is 0.372 e. The highest BCUT2D eigenvalue weighted by molar-refractivity contribution is 7.15. The highest BCUT2D eigenvalue weighted by Gasteiger charge is 2.22. The van der Waals surface area contributed by atoms with Crippen LogP contribution in [-0.2, 0) is 4.79 Å². The molecule has 0 saturated carbocycles. The molecule has 76 valence electrons. The molecule has 0 aliphatic carbocycles. The summed E-state index contributed by atoms with van der Waals surface area (Å²) in [5.41, 5.74) is 0.860. The summed E-state index contributed by atoms with van der Waals surface area (Å²) in [5, 5.41) is 7.88. The number of piperidine rings is 1. The van der Waals surface area contributed by atoms with Crippen molar-refractivity contribution in [1.29, 1.82) is 0 Å². The lowest BCUT2D eigenvalue weighted by molar-refractivity contribution is -0.123. The number of thiophene rings is 1. The normalized spacial score (nSPS) is 21.8. The van der Waals surface area contributed by atoms with Crippen LogP contribution < -0.4 is 10.6 Å². The van der Waals surface area contributed by atoms with Gasteiger partial charge in [0.05, 0.1) is 5.69 Å². The van der Waals surface area contributed by atoms with Crippen molar-refractivity contribution in [2.24, 2.45) is 0 Å². The molecular weight excluding hydrogens is 220 g/mol. The van der Waals surface area contributed by atoms with Gasteiger partial charge in [0, 0.05) is 6.54 Å². The topological polar surface area (TPSA) is 41.1 Å². The first-order valence-electron chi connectivity index (χ1n) is 4.54. The summed E-state index contributed by atoms with van der Waals surface area (Å²) in [6.45, 7) is 0.786. The third kappa shape index (κ3) is 2.01. The van der Waals surface area contributed by atoms with Crippen molar-refractivity contribution in [2.75, 3.05) is 11.9 Å².